The van der Waals surface area contributed by atoms with Gasteiger partial charge >= 0.3 is 0 Å². The number of nitrogens with zero attached hydrogens (tertiary/aromatic N) is 3. The summed E-state index contributed by atoms with van der Waals surface area (Å²) < 4.78 is 0.451. The van der Waals surface area contributed by atoms with Crippen molar-refractivity contribution in [2.24, 2.45) is 0 Å². The Balaban J connectivity index is 3.03. The van der Waals surface area contributed by atoms with Crippen LogP contribution in [0.5, 0.6) is 0 Å². The average Bonchev–Trinajstić information content (AvgIpc) is 1.77. The maximum Gasteiger partial charge on any atom is 0.218 e. The van der Waals surface area contributed by atoms with Crippen LogP contribution in [0.1, 0.15) is 0 Å². The number of nitrogens with two attached hydrogens (primary N) is 1. The molecule has 0 aromatic carbocycles. The van der Waals surface area contributed by atoms with Gasteiger partial charge < -0.3 is 5.73 Å². The zero-order chi connectivity index (χ0) is 5.98. The van der Waals surface area contributed by atoms with Gasteiger partial charge in [0.05, 0.1) is 6.20 Å². The minimum atomic E-state index is 0.327. The standard InChI is InChI=1S/C3H3BrN4/c4-3-6-1-2(5)7-8-3/h1H,(H2,5,7). The van der Waals surface area contributed by atoms with Gasteiger partial charge in [0.15, 0.2) is 5.82 Å². The molecule has 42 valence electrons. The molecule has 0 aliphatic heterocycles. The first-order valence-electron chi connectivity index (χ1n) is 1.90. The molecule has 0 spiro atoms. The molecular weight excluding hydrogens is 172 g/mol. The van der Waals surface area contributed by atoms with Crippen LogP contribution in [0.25, 0.3) is 0 Å². The lowest BCUT2D eigenvalue weighted by atomic mass is 10.8. The normalized spacial score (nSPS) is 9.12. The van der Waals surface area contributed by atoms with Gasteiger partial charge in [-0.2, -0.15) is 0 Å². The van der Waals surface area contributed by atoms with Crippen molar-refractivity contribution in [2.75, 3.05) is 5.73 Å². The number of anilines is 1. The fourth-order valence-electron chi connectivity index (χ4n) is 0.270. The summed E-state index contributed by atoms with van der Waals surface area (Å²) in [4.78, 5) is 3.70. The number of hydrogen-bond donors (Lipinski definition) is 1. The lowest BCUT2D eigenvalue weighted by Gasteiger charge is -1.85. The van der Waals surface area contributed by atoms with Crippen LogP contribution >= 0.6 is 15.9 Å². The summed E-state index contributed by atoms with van der Waals surface area (Å²) in [5, 5.41) is 7.01. The molecule has 0 radical (unpaired) electrons. The Morgan fingerprint density at radius 3 is 2.62 bits per heavy atom. The summed E-state index contributed by atoms with van der Waals surface area (Å²) in [7, 11) is 0. The summed E-state index contributed by atoms with van der Waals surface area (Å²) >= 11 is 3.01. The van der Waals surface area contributed by atoms with Gasteiger partial charge in [0.1, 0.15) is 0 Å². The Morgan fingerprint density at radius 2 is 2.25 bits per heavy atom. The molecule has 4 nitrogen and oxygen atoms in total. The molecule has 1 aromatic rings. The van der Waals surface area contributed by atoms with Crippen LogP contribution in [-0.4, -0.2) is 15.2 Å². The highest BCUT2D eigenvalue weighted by Gasteiger charge is 1.86. The minimum absolute atomic E-state index is 0.327. The number of hydrogen-bond acceptors (Lipinski definition) is 4. The quantitative estimate of drug-likeness (QED) is 0.612. The summed E-state index contributed by atoms with van der Waals surface area (Å²) in [6, 6.07) is 0. The molecule has 1 rings (SSSR count). The zero-order valence-electron chi connectivity index (χ0n) is 3.87. The largest absolute Gasteiger partial charge is 0.381 e. The van der Waals surface area contributed by atoms with E-state index < -0.39 is 0 Å². The molecule has 8 heavy (non-hydrogen) atoms. The van der Waals surface area contributed by atoms with E-state index >= 15 is 0 Å². The topological polar surface area (TPSA) is 64.7 Å². The van der Waals surface area contributed by atoms with Gasteiger partial charge in [-0.3, -0.25) is 0 Å². The van der Waals surface area contributed by atoms with Gasteiger partial charge in [-0.1, -0.05) is 0 Å². The monoisotopic (exact) mass is 174 g/mol. The van der Waals surface area contributed by atoms with Gasteiger partial charge in [0, 0.05) is 0 Å². The molecule has 0 aliphatic rings. The van der Waals surface area contributed by atoms with Crippen LogP contribution in [-0.2, 0) is 0 Å². The average molecular weight is 175 g/mol. The third-order valence-electron chi connectivity index (χ3n) is 0.551. The SMILES string of the molecule is Nc1cnc(Br)nn1. The lowest BCUT2D eigenvalue weighted by molar-refractivity contribution is 0.945. The molecule has 0 bridgehead atoms. The van der Waals surface area contributed by atoms with Crippen LogP contribution in [0, 0.1) is 0 Å². The first kappa shape index (κ1) is 5.43. The highest BCUT2D eigenvalue weighted by atomic mass is 79.9. The second-order valence-corrected chi connectivity index (χ2v) is 1.86. The molecular formula is C3H3BrN4. The number of nitrogen functional groups attached to an aromatic ring is 1. The fourth-order valence-corrected chi connectivity index (χ4v) is 0.452. The van der Waals surface area contributed by atoms with E-state index in [-0.39, 0.29) is 0 Å². The molecule has 2 N–H and O–H groups in total. The number of halogens is 1. The Hall–Kier alpha value is -0.710. The highest BCUT2D eigenvalue weighted by Crippen LogP contribution is 1.97. The van der Waals surface area contributed by atoms with E-state index in [1.807, 2.05) is 0 Å². The molecule has 0 unspecified atom stereocenters. The predicted octanol–water partition coefficient (Wildman–Crippen LogP) is 0.216. The smallest absolute Gasteiger partial charge is 0.218 e. The highest BCUT2D eigenvalue weighted by molar-refractivity contribution is 9.10. The molecule has 0 atom stereocenters. The molecule has 0 aliphatic carbocycles. The van der Waals surface area contributed by atoms with Crippen molar-refractivity contribution >= 4 is 21.7 Å². The summed E-state index contributed by atoms with van der Waals surface area (Å²) in [6.45, 7) is 0. The van der Waals surface area contributed by atoms with E-state index in [1.54, 1.807) is 0 Å². The maximum atomic E-state index is 5.17. The van der Waals surface area contributed by atoms with Gasteiger partial charge in [-0.05, 0) is 15.9 Å². The van der Waals surface area contributed by atoms with Gasteiger partial charge in [-0.25, -0.2) is 4.98 Å². The molecule has 1 heterocycles. The van der Waals surface area contributed by atoms with Crippen molar-refractivity contribution in [3.05, 3.63) is 10.9 Å². The van der Waals surface area contributed by atoms with Gasteiger partial charge in [0.25, 0.3) is 0 Å². The number of aromatic nitrogens is 3. The van der Waals surface area contributed by atoms with Crippen LogP contribution in [0.2, 0.25) is 0 Å². The van der Waals surface area contributed by atoms with Crippen molar-refractivity contribution < 1.29 is 0 Å². The van der Waals surface area contributed by atoms with Crippen molar-refractivity contribution in [2.45, 2.75) is 0 Å². The Morgan fingerprint density at radius 1 is 1.50 bits per heavy atom. The van der Waals surface area contributed by atoms with Gasteiger partial charge in [0.2, 0.25) is 4.73 Å². The molecule has 0 amide bonds. The Bertz CT molecular complexity index is 150. The van der Waals surface area contributed by atoms with Crippen molar-refractivity contribution in [3.63, 3.8) is 0 Å². The molecule has 0 saturated heterocycles. The van der Waals surface area contributed by atoms with Crippen LogP contribution in [0.15, 0.2) is 10.9 Å². The van der Waals surface area contributed by atoms with Crippen LogP contribution in [0.3, 0.4) is 0 Å². The van der Waals surface area contributed by atoms with Crippen LogP contribution < -0.4 is 5.73 Å². The van der Waals surface area contributed by atoms with E-state index in [9.17, 15) is 0 Å². The minimum Gasteiger partial charge on any atom is -0.381 e. The molecule has 5 heteroatoms. The van der Waals surface area contributed by atoms with Crippen molar-refractivity contribution in [1.82, 2.24) is 15.2 Å². The fraction of sp³-hybridized carbons (Fsp3) is 0. The number of rotatable bonds is 0. The third-order valence-corrected chi connectivity index (χ3v) is 0.915. The summed E-state index contributed by atoms with van der Waals surface area (Å²) in [6.07, 6.45) is 1.43. The first-order valence-corrected chi connectivity index (χ1v) is 2.69. The summed E-state index contributed by atoms with van der Waals surface area (Å²) in [5.41, 5.74) is 5.17. The second-order valence-electron chi connectivity index (χ2n) is 1.15. The molecule has 0 fully saturated rings. The van der Waals surface area contributed by atoms with E-state index in [4.69, 9.17) is 5.73 Å². The Kier molecular flexibility index (Phi) is 1.38. The molecule has 0 saturated carbocycles. The van der Waals surface area contributed by atoms with E-state index in [1.165, 1.54) is 6.20 Å². The first-order chi connectivity index (χ1) is 3.79. The predicted molar refractivity (Wildman–Crippen MR) is 31.9 cm³/mol. The van der Waals surface area contributed by atoms with E-state index in [0.717, 1.165) is 0 Å². The zero-order valence-corrected chi connectivity index (χ0v) is 5.46. The van der Waals surface area contributed by atoms with Crippen molar-refractivity contribution in [3.8, 4) is 0 Å². The summed E-state index contributed by atoms with van der Waals surface area (Å²) in [5.74, 6) is 0.327. The second kappa shape index (κ2) is 2.04. The Labute approximate surface area is 54.3 Å². The van der Waals surface area contributed by atoms with Gasteiger partial charge in [-0.15, -0.1) is 10.2 Å². The van der Waals surface area contributed by atoms with Crippen molar-refractivity contribution in [1.29, 1.82) is 0 Å². The maximum absolute atomic E-state index is 5.17. The van der Waals surface area contributed by atoms with E-state index in [2.05, 4.69) is 31.1 Å². The lowest BCUT2D eigenvalue weighted by Crippen LogP contribution is -1.93. The van der Waals surface area contributed by atoms with Crippen LogP contribution in [0.4, 0.5) is 5.82 Å². The van der Waals surface area contributed by atoms with E-state index in [0.29, 0.717) is 10.6 Å². The molecule has 1 aromatic heterocycles. The third kappa shape index (κ3) is 1.13.